The van der Waals surface area contributed by atoms with Gasteiger partial charge in [0.15, 0.2) is 0 Å². The molecule has 0 fully saturated rings. The normalized spacial score (nSPS) is 11.3. The van der Waals surface area contributed by atoms with Crippen LogP contribution in [0, 0.1) is 0 Å². The Morgan fingerprint density at radius 3 is 2.42 bits per heavy atom. The Kier molecular flexibility index (Phi) is 3.55. The molecule has 0 unspecified atom stereocenters. The van der Waals surface area contributed by atoms with Crippen LogP contribution in [-0.4, -0.2) is 10.2 Å². The molecule has 100 valence electrons. The molecule has 0 atom stereocenters. The van der Waals surface area contributed by atoms with Gasteiger partial charge in [0.05, 0.1) is 5.56 Å². The number of hydrogen-bond donors (Lipinski definition) is 2. The number of hydrogen-bond acceptors (Lipinski definition) is 4. The second-order valence-electron chi connectivity index (χ2n) is 3.85. The van der Waals surface area contributed by atoms with Crippen molar-refractivity contribution < 1.29 is 13.2 Å². The maximum atomic E-state index is 12.8. The van der Waals surface area contributed by atoms with Gasteiger partial charge in [0.25, 0.3) is 0 Å². The topological polar surface area (TPSA) is 63.8 Å². The Morgan fingerprint density at radius 1 is 1.05 bits per heavy atom. The summed E-state index contributed by atoms with van der Waals surface area (Å²) in [5, 5.41) is 10.1. The number of nitrogen functional groups attached to an aromatic ring is 1. The van der Waals surface area contributed by atoms with Crippen LogP contribution < -0.4 is 11.1 Å². The van der Waals surface area contributed by atoms with Gasteiger partial charge in [0, 0.05) is 6.54 Å². The Hall–Kier alpha value is -2.31. The SMILES string of the molecule is Nc1ccc(NCc2ccccc2C(F)(F)F)nn1. The number of alkyl halides is 3. The van der Waals surface area contributed by atoms with E-state index >= 15 is 0 Å². The number of benzene rings is 1. The van der Waals surface area contributed by atoms with E-state index in [4.69, 9.17) is 5.73 Å². The molecule has 0 bridgehead atoms. The number of nitrogens with two attached hydrogens (primary N) is 1. The lowest BCUT2D eigenvalue weighted by atomic mass is 10.1. The van der Waals surface area contributed by atoms with Gasteiger partial charge in [-0.1, -0.05) is 18.2 Å². The Morgan fingerprint density at radius 2 is 1.79 bits per heavy atom. The molecule has 0 aliphatic carbocycles. The van der Waals surface area contributed by atoms with Crippen LogP contribution in [0.4, 0.5) is 24.8 Å². The fourth-order valence-electron chi connectivity index (χ4n) is 1.57. The molecule has 4 nitrogen and oxygen atoms in total. The molecule has 3 N–H and O–H groups in total. The Bertz CT molecular complexity index is 552. The largest absolute Gasteiger partial charge is 0.416 e. The van der Waals surface area contributed by atoms with Crippen LogP contribution in [0.3, 0.4) is 0 Å². The molecule has 0 amide bonds. The standard InChI is InChI=1S/C12H11F3N4/c13-12(14,15)9-4-2-1-3-8(9)7-17-11-6-5-10(16)18-19-11/h1-6H,7H2,(H2,16,18)(H,17,19). The third kappa shape index (κ3) is 3.34. The first-order chi connectivity index (χ1) is 8.97. The zero-order chi connectivity index (χ0) is 13.9. The van der Waals surface area contributed by atoms with Crippen LogP contribution in [0.15, 0.2) is 36.4 Å². The molecule has 0 aliphatic rings. The van der Waals surface area contributed by atoms with Gasteiger partial charge in [0.1, 0.15) is 11.6 Å². The molecule has 1 aromatic heterocycles. The zero-order valence-electron chi connectivity index (χ0n) is 9.78. The van der Waals surface area contributed by atoms with Gasteiger partial charge in [-0.05, 0) is 23.8 Å². The highest BCUT2D eigenvalue weighted by Crippen LogP contribution is 2.32. The van der Waals surface area contributed by atoms with Gasteiger partial charge < -0.3 is 11.1 Å². The maximum absolute atomic E-state index is 12.8. The second-order valence-corrected chi connectivity index (χ2v) is 3.85. The third-order valence-electron chi connectivity index (χ3n) is 2.47. The lowest BCUT2D eigenvalue weighted by Crippen LogP contribution is -2.12. The maximum Gasteiger partial charge on any atom is 0.416 e. The van der Waals surface area contributed by atoms with Crippen molar-refractivity contribution in [3.05, 3.63) is 47.5 Å². The molecular formula is C12H11F3N4. The fourth-order valence-corrected chi connectivity index (χ4v) is 1.57. The van der Waals surface area contributed by atoms with Crippen molar-refractivity contribution in [2.24, 2.45) is 0 Å². The van der Waals surface area contributed by atoms with Crippen LogP contribution in [0.1, 0.15) is 11.1 Å². The second kappa shape index (κ2) is 5.13. The molecule has 0 saturated carbocycles. The first-order valence-corrected chi connectivity index (χ1v) is 5.45. The number of nitrogens with zero attached hydrogens (tertiary/aromatic N) is 2. The van der Waals surface area contributed by atoms with Crippen LogP contribution in [0.25, 0.3) is 0 Å². The van der Waals surface area contributed by atoms with Gasteiger partial charge in [0.2, 0.25) is 0 Å². The van der Waals surface area contributed by atoms with Crippen molar-refractivity contribution in [2.45, 2.75) is 12.7 Å². The summed E-state index contributed by atoms with van der Waals surface area (Å²) in [6.07, 6.45) is -4.37. The minimum absolute atomic E-state index is 0.00822. The highest BCUT2D eigenvalue weighted by molar-refractivity contribution is 5.40. The predicted octanol–water partition coefficient (Wildman–Crippen LogP) is 2.69. The number of halogens is 3. The minimum Gasteiger partial charge on any atom is -0.382 e. The number of nitrogens with one attached hydrogen (secondary N) is 1. The average molecular weight is 268 g/mol. The van der Waals surface area contributed by atoms with E-state index in [0.29, 0.717) is 5.82 Å². The summed E-state index contributed by atoms with van der Waals surface area (Å²) in [5.41, 5.74) is 4.85. The molecule has 0 saturated heterocycles. The number of aromatic nitrogens is 2. The lowest BCUT2D eigenvalue weighted by molar-refractivity contribution is -0.138. The minimum atomic E-state index is -4.37. The van der Waals surface area contributed by atoms with Crippen molar-refractivity contribution in [3.63, 3.8) is 0 Å². The van der Waals surface area contributed by atoms with E-state index in [1.807, 2.05) is 0 Å². The Balaban J connectivity index is 2.14. The van der Waals surface area contributed by atoms with E-state index in [2.05, 4.69) is 15.5 Å². The van der Waals surface area contributed by atoms with Gasteiger partial charge in [-0.25, -0.2) is 0 Å². The summed E-state index contributed by atoms with van der Waals surface area (Å²) < 4.78 is 38.3. The van der Waals surface area contributed by atoms with Gasteiger partial charge in [-0.3, -0.25) is 0 Å². The van der Waals surface area contributed by atoms with E-state index in [1.165, 1.54) is 18.2 Å². The van der Waals surface area contributed by atoms with Crippen molar-refractivity contribution in [1.29, 1.82) is 0 Å². The van der Waals surface area contributed by atoms with Crippen LogP contribution in [-0.2, 0) is 12.7 Å². The molecule has 2 aromatic rings. The van der Waals surface area contributed by atoms with E-state index in [0.717, 1.165) is 6.07 Å². The molecule has 7 heteroatoms. The van der Waals surface area contributed by atoms with E-state index in [1.54, 1.807) is 12.1 Å². The lowest BCUT2D eigenvalue weighted by Gasteiger charge is -2.13. The number of anilines is 2. The molecule has 2 rings (SSSR count). The molecule has 19 heavy (non-hydrogen) atoms. The average Bonchev–Trinajstić information content (AvgIpc) is 2.37. The molecule has 0 radical (unpaired) electrons. The van der Waals surface area contributed by atoms with Crippen molar-refractivity contribution in [1.82, 2.24) is 10.2 Å². The fraction of sp³-hybridized carbons (Fsp3) is 0.167. The molecule has 0 aliphatic heterocycles. The summed E-state index contributed by atoms with van der Waals surface area (Å²) in [5.74, 6) is 0.618. The molecule has 1 heterocycles. The monoisotopic (exact) mass is 268 g/mol. The van der Waals surface area contributed by atoms with E-state index < -0.39 is 11.7 Å². The van der Waals surface area contributed by atoms with Crippen molar-refractivity contribution >= 4 is 11.6 Å². The van der Waals surface area contributed by atoms with Crippen LogP contribution >= 0.6 is 0 Å². The number of rotatable bonds is 3. The van der Waals surface area contributed by atoms with Crippen LogP contribution in [0.2, 0.25) is 0 Å². The van der Waals surface area contributed by atoms with Crippen molar-refractivity contribution in [3.8, 4) is 0 Å². The summed E-state index contributed by atoms with van der Waals surface area (Å²) >= 11 is 0. The molecular weight excluding hydrogens is 257 g/mol. The van der Waals surface area contributed by atoms with Gasteiger partial charge in [-0.2, -0.15) is 13.2 Å². The molecule has 0 spiro atoms. The van der Waals surface area contributed by atoms with E-state index in [9.17, 15) is 13.2 Å². The zero-order valence-corrected chi connectivity index (χ0v) is 9.78. The van der Waals surface area contributed by atoms with Gasteiger partial charge >= 0.3 is 6.18 Å². The smallest absolute Gasteiger partial charge is 0.382 e. The van der Waals surface area contributed by atoms with E-state index in [-0.39, 0.29) is 17.9 Å². The van der Waals surface area contributed by atoms with Gasteiger partial charge in [-0.15, -0.1) is 10.2 Å². The Labute approximate surface area is 107 Å². The summed E-state index contributed by atoms with van der Waals surface area (Å²) in [6, 6.07) is 8.45. The first kappa shape index (κ1) is 13.1. The van der Waals surface area contributed by atoms with Crippen LogP contribution in [0.5, 0.6) is 0 Å². The predicted molar refractivity (Wildman–Crippen MR) is 65.2 cm³/mol. The highest BCUT2D eigenvalue weighted by Gasteiger charge is 2.32. The third-order valence-corrected chi connectivity index (χ3v) is 2.47. The van der Waals surface area contributed by atoms with Crippen molar-refractivity contribution in [2.75, 3.05) is 11.1 Å². The first-order valence-electron chi connectivity index (χ1n) is 5.45. The summed E-state index contributed by atoms with van der Waals surface area (Å²) in [4.78, 5) is 0. The summed E-state index contributed by atoms with van der Waals surface area (Å²) in [7, 11) is 0. The summed E-state index contributed by atoms with van der Waals surface area (Å²) in [6.45, 7) is 0.00822. The quantitative estimate of drug-likeness (QED) is 0.898. The highest BCUT2D eigenvalue weighted by atomic mass is 19.4. The molecule has 1 aromatic carbocycles.